The molecule has 0 unspecified atom stereocenters. The van der Waals surface area contributed by atoms with Crippen molar-refractivity contribution in [3.63, 3.8) is 0 Å². The summed E-state index contributed by atoms with van der Waals surface area (Å²) in [5.74, 6) is -0.500. The van der Waals surface area contributed by atoms with Gasteiger partial charge in [-0.3, -0.25) is 5.10 Å². The van der Waals surface area contributed by atoms with Crippen LogP contribution >= 0.6 is 0 Å². The van der Waals surface area contributed by atoms with Crippen molar-refractivity contribution >= 4 is 5.97 Å². The van der Waals surface area contributed by atoms with Crippen molar-refractivity contribution in [2.75, 3.05) is 0 Å². The van der Waals surface area contributed by atoms with E-state index >= 15 is 0 Å². The Morgan fingerprint density at radius 3 is 2.61 bits per heavy atom. The Balaban J connectivity index is 2.02. The minimum Gasteiger partial charge on any atom is -0.478 e. The molecule has 1 heterocycles. The summed E-state index contributed by atoms with van der Waals surface area (Å²) in [6.45, 7) is 4.30. The highest BCUT2D eigenvalue weighted by Gasteiger charge is 2.14. The minimum atomic E-state index is -0.946. The molecule has 0 saturated carbocycles. The molecular formula is C19H18N2O2. The normalized spacial score (nSPS) is 10.9. The van der Waals surface area contributed by atoms with Crippen LogP contribution < -0.4 is 0 Å². The average Bonchev–Trinajstić information content (AvgIpc) is 3.05. The quantitative estimate of drug-likeness (QED) is 0.742. The highest BCUT2D eigenvalue weighted by Crippen LogP contribution is 2.28. The summed E-state index contributed by atoms with van der Waals surface area (Å²) < 4.78 is 0. The second-order valence-electron chi connectivity index (χ2n) is 5.80. The Labute approximate surface area is 134 Å². The Morgan fingerprint density at radius 2 is 1.87 bits per heavy atom. The zero-order chi connectivity index (χ0) is 16.4. The highest BCUT2D eigenvalue weighted by atomic mass is 16.4. The molecule has 3 rings (SSSR count). The average molecular weight is 306 g/mol. The van der Waals surface area contributed by atoms with Gasteiger partial charge in [0.25, 0.3) is 0 Å². The van der Waals surface area contributed by atoms with Crippen molar-refractivity contribution in [3.05, 3.63) is 65.7 Å². The van der Waals surface area contributed by atoms with Crippen LogP contribution in [-0.4, -0.2) is 21.3 Å². The maximum Gasteiger partial charge on any atom is 0.336 e. The summed E-state index contributed by atoms with van der Waals surface area (Å²) in [5, 5.41) is 16.6. The Kier molecular flexibility index (Phi) is 3.98. The van der Waals surface area contributed by atoms with E-state index in [1.54, 1.807) is 18.2 Å². The first-order chi connectivity index (χ1) is 11.1. The molecule has 0 aliphatic heterocycles. The SMILES string of the molecule is CC(C)c1cccc(-c2cc(-c3ccccc3C(=O)O)[nH]n2)c1. The van der Waals surface area contributed by atoms with Gasteiger partial charge in [0.1, 0.15) is 0 Å². The predicted molar refractivity (Wildman–Crippen MR) is 90.5 cm³/mol. The van der Waals surface area contributed by atoms with Crippen molar-refractivity contribution in [1.29, 1.82) is 0 Å². The predicted octanol–water partition coefficient (Wildman–Crippen LogP) is 4.57. The zero-order valence-electron chi connectivity index (χ0n) is 13.1. The number of carboxylic acids is 1. The van der Waals surface area contributed by atoms with Gasteiger partial charge in [0, 0.05) is 11.1 Å². The van der Waals surface area contributed by atoms with Gasteiger partial charge >= 0.3 is 5.97 Å². The van der Waals surface area contributed by atoms with Gasteiger partial charge < -0.3 is 5.11 Å². The Bertz CT molecular complexity index is 850. The number of hydrogen-bond acceptors (Lipinski definition) is 2. The maximum atomic E-state index is 11.4. The molecule has 4 heteroatoms. The Hall–Kier alpha value is -2.88. The number of nitrogens with one attached hydrogen (secondary N) is 1. The number of nitrogens with zero attached hydrogens (tertiary/aromatic N) is 1. The number of hydrogen-bond donors (Lipinski definition) is 2. The maximum absolute atomic E-state index is 11.4. The van der Waals surface area contributed by atoms with Crippen molar-refractivity contribution in [3.8, 4) is 22.5 Å². The van der Waals surface area contributed by atoms with Crippen LogP contribution in [0.3, 0.4) is 0 Å². The van der Waals surface area contributed by atoms with Crippen LogP contribution in [0.5, 0.6) is 0 Å². The van der Waals surface area contributed by atoms with Crippen LogP contribution in [0.1, 0.15) is 35.7 Å². The van der Waals surface area contributed by atoms with Gasteiger partial charge in [0.15, 0.2) is 0 Å². The lowest BCUT2D eigenvalue weighted by Gasteiger charge is -2.06. The molecule has 0 saturated heterocycles. The lowest BCUT2D eigenvalue weighted by atomic mass is 9.99. The summed E-state index contributed by atoms with van der Waals surface area (Å²) in [4.78, 5) is 11.4. The molecule has 0 spiro atoms. The number of H-pyrrole nitrogens is 1. The van der Waals surface area contributed by atoms with Crippen molar-refractivity contribution in [1.82, 2.24) is 10.2 Å². The fraction of sp³-hybridized carbons (Fsp3) is 0.158. The monoisotopic (exact) mass is 306 g/mol. The van der Waals surface area contributed by atoms with E-state index < -0.39 is 5.97 Å². The molecule has 0 aliphatic rings. The standard InChI is InChI=1S/C19H18N2O2/c1-12(2)13-6-5-7-14(10-13)17-11-18(21-20-17)15-8-3-4-9-16(15)19(22)23/h3-12H,1-2H3,(H,20,21)(H,22,23). The number of carbonyl (C=O) groups is 1. The van der Waals surface area contributed by atoms with Crippen LogP contribution in [0, 0.1) is 0 Å². The van der Waals surface area contributed by atoms with Gasteiger partial charge in [-0.1, -0.05) is 50.2 Å². The third-order valence-electron chi connectivity index (χ3n) is 3.87. The summed E-state index contributed by atoms with van der Waals surface area (Å²) >= 11 is 0. The number of carboxylic acid groups (broad SMARTS) is 1. The second kappa shape index (κ2) is 6.08. The van der Waals surface area contributed by atoms with Crippen LogP contribution in [0.4, 0.5) is 0 Å². The van der Waals surface area contributed by atoms with Crippen LogP contribution in [-0.2, 0) is 0 Å². The number of benzene rings is 2. The first-order valence-electron chi connectivity index (χ1n) is 7.54. The van der Waals surface area contributed by atoms with E-state index in [4.69, 9.17) is 0 Å². The van der Waals surface area contributed by atoms with E-state index in [0.29, 0.717) is 17.2 Å². The van der Waals surface area contributed by atoms with Gasteiger partial charge in [-0.05, 0) is 29.7 Å². The minimum absolute atomic E-state index is 0.263. The fourth-order valence-electron chi connectivity index (χ4n) is 2.57. The number of aromatic nitrogens is 2. The summed E-state index contributed by atoms with van der Waals surface area (Å²) in [6.07, 6.45) is 0. The number of rotatable bonds is 4. The molecule has 0 bridgehead atoms. The zero-order valence-corrected chi connectivity index (χ0v) is 13.1. The first-order valence-corrected chi connectivity index (χ1v) is 7.54. The summed E-state index contributed by atoms with van der Waals surface area (Å²) in [7, 11) is 0. The van der Waals surface area contributed by atoms with E-state index in [1.165, 1.54) is 5.56 Å². The molecule has 1 aromatic heterocycles. The molecule has 0 atom stereocenters. The molecule has 2 N–H and O–H groups in total. The third kappa shape index (κ3) is 3.01. The van der Waals surface area contributed by atoms with Gasteiger partial charge in [-0.2, -0.15) is 5.10 Å². The highest BCUT2D eigenvalue weighted by molar-refractivity contribution is 5.95. The van der Waals surface area contributed by atoms with Crippen LogP contribution in [0.2, 0.25) is 0 Å². The number of aromatic amines is 1. The fourth-order valence-corrected chi connectivity index (χ4v) is 2.57. The molecule has 0 radical (unpaired) electrons. The van der Waals surface area contributed by atoms with Crippen LogP contribution in [0.15, 0.2) is 54.6 Å². The Morgan fingerprint density at radius 1 is 1.09 bits per heavy atom. The van der Waals surface area contributed by atoms with E-state index in [2.05, 4.69) is 36.2 Å². The lowest BCUT2D eigenvalue weighted by Crippen LogP contribution is -1.98. The molecule has 0 aliphatic carbocycles. The van der Waals surface area contributed by atoms with Crippen molar-refractivity contribution < 1.29 is 9.90 Å². The topological polar surface area (TPSA) is 66.0 Å². The smallest absolute Gasteiger partial charge is 0.336 e. The van der Waals surface area contributed by atoms with Crippen molar-refractivity contribution in [2.24, 2.45) is 0 Å². The summed E-state index contributed by atoms with van der Waals surface area (Å²) in [5.41, 5.74) is 4.68. The number of aromatic carboxylic acids is 1. The van der Waals surface area contributed by atoms with Gasteiger partial charge in [0.05, 0.1) is 17.0 Å². The molecule has 4 nitrogen and oxygen atoms in total. The molecule has 23 heavy (non-hydrogen) atoms. The van der Waals surface area contributed by atoms with Gasteiger partial charge in [-0.15, -0.1) is 0 Å². The molecule has 3 aromatic rings. The van der Waals surface area contributed by atoms with E-state index in [-0.39, 0.29) is 5.56 Å². The van der Waals surface area contributed by atoms with Gasteiger partial charge in [-0.25, -0.2) is 4.79 Å². The lowest BCUT2D eigenvalue weighted by molar-refractivity contribution is 0.0697. The van der Waals surface area contributed by atoms with Crippen LogP contribution in [0.25, 0.3) is 22.5 Å². The summed E-state index contributed by atoms with van der Waals surface area (Å²) in [6, 6.07) is 17.1. The molecule has 0 amide bonds. The van der Waals surface area contributed by atoms with E-state index in [9.17, 15) is 9.90 Å². The second-order valence-corrected chi connectivity index (χ2v) is 5.80. The van der Waals surface area contributed by atoms with Crippen molar-refractivity contribution in [2.45, 2.75) is 19.8 Å². The molecular weight excluding hydrogens is 288 g/mol. The van der Waals surface area contributed by atoms with E-state index in [0.717, 1.165) is 11.3 Å². The molecule has 2 aromatic carbocycles. The molecule has 116 valence electrons. The largest absolute Gasteiger partial charge is 0.478 e. The molecule has 0 fully saturated rings. The first kappa shape index (κ1) is 15.0. The third-order valence-corrected chi connectivity index (χ3v) is 3.87. The van der Waals surface area contributed by atoms with E-state index in [1.807, 2.05) is 24.3 Å². The van der Waals surface area contributed by atoms with Gasteiger partial charge in [0.2, 0.25) is 0 Å².